The lowest BCUT2D eigenvalue weighted by Crippen LogP contribution is -2.10. The van der Waals surface area contributed by atoms with Crippen LogP contribution in [0.25, 0.3) is 0 Å². The molecule has 1 aliphatic carbocycles. The third kappa shape index (κ3) is 3.53. The molecule has 0 aliphatic heterocycles. The third-order valence-electron chi connectivity index (χ3n) is 3.83. The number of halogens is 1. The quantitative estimate of drug-likeness (QED) is 0.838. The monoisotopic (exact) mass is 301 g/mol. The Bertz CT molecular complexity index is 650. The molecule has 3 rings (SSSR count). The molecule has 1 aromatic heterocycles. The molecule has 1 aromatic carbocycles. The van der Waals surface area contributed by atoms with Crippen molar-refractivity contribution in [1.29, 1.82) is 0 Å². The van der Waals surface area contributed by atoms with Gasteiger partial charge < -0.3 is 5.32 Å². The van der Waals surface area contributed by atoms with Gasteiger partial charge in [-0.2, -0.15) is 0 Å². The van der Waals surface area contributed by atoms with Gasteiger partial charge in [-0.1, -0.05) is 41.4 Å². The second-order valence-corrected chi connectivity index (χ2v) is 6.14. The minimum Gasteiger partial charge on any atom is -0.369 e. The molecule has 1 fully saturated rings. The first-order valence-corrected chi connectivity index (χ1v) is 7.85. The van der Waals surface area contributed by atoms with Crippen molar-refractivity contribution in [2.75, 3.05) is 11.9 Å². The number of aryl methyl sites for hydroxylation is 1. The van der Waals surface area contributed by atoms with Gasteiger partial charge in [-0.05, 0) is 38.7 Å². The fourth-order valence-electron chi connectivity index (χ4n) is 2.39. The fourth-order valence-corrected chi connectivity index (χ4v) is 2.57. The second-order valence-electron chi connectivity index (χ2n) is 5.79. The lowest BCUT2D eigenvalue weighted by atomic mass is 10.1. The molecule has 0 saturated heterocycles. The number of hydrogen-bond acceptors (Lipinski definition) is 3. The Labute approximate surface area is 130 Å². The van der Waals surface area contributed by atoms with Crippen molar-refractivity contribution in [1.82, 2.24) is 9.97 Å². The van der Waals surface area contributed by atoms with E-state index in [1.807, 2.05) is 6.92 Å². The molecule has 0 bridgehead atoms. The summed E-state index contributed by atoms with van der Waals surface area (Å²) in [6, 6.07) is 8.59. The smallest absolute Gasteiger partial charge is 0.137 e. The van der Waals surface area contributed by atoms with Crippen LogP contribution in [0.4, 0.5) is 5.82 Å². The van der Waals surface area contributed by atoms with E-state index in [0.717, 1.165) is 30.2 Å². The molecule has 1 N–H and O–H groups in total. The lowest BCUT2D eigenvalue weighted by molar-refractivity contribution is 0.905. The molecular formula is C17H20ClN3. The molecule has 3 nitrogen and oxygen atoms in total. The minimum atomic E-state index is 0.514. The van der Waals surface area contributed by atoms with Crippen molar-refractivity contribution in [2.24, 2.45) is 0 Å². The molecule has 1 heterocycles. The summed E-state index contributed by atoms with van der Waals surface area (Å²) in [5, 5.41) is 3.98. The predicted octanol–water partition coefficient (Wildman–Crippen LogP) is 4.28. The summed E-state index contributed by atoms with van der Waals surface area (Å²) < 4.78 is 0. The van der Waals surface area contributed by atoms with Crippen molar-refractivity contribution in [3.63, 3.8) is 0 Å². The van der Waals surface area contributed by atoms with E-state index in [2.05, 4.69) is 46.5 Å². The van der Waals surface area contributed by atoms with Crippen molar-refractivity contribution < 1.29 is 0 Å². The van der Waals surface area contributed by atoms with Gasteiger partial charge in [-0.3, -0.25) is 0 Å². The van der Waals surface area contributed by atoms with Crippen molar-refractivity contribution in [2.45, 2.75) is 39.0 Å². The van der Waals surface area contributed by atoms with Gasteiger partial charge in [0, 0.05) is 18.0 Å². The second kappa shape index (κ2) is 6.02. The molecule has 1 saturated carbocycles. The topological polar surface area (TPSA) is 37.8 Å². The molecule has 0 spiro atoms. The first-order valence-electron chi connectivity index (χ1n) is 7.47. The molecule has 2 aromatic rings. The van der Waals surface area contributed by atoms with Crippen LogP contribution in [-0.4, -0.2) is 16.5 Å². The Hall–Kier alpha value is -1.61. The van der Waals surface area contributed by atoms with E-state index in [4.69, 9.17) is 11.6 Å². The Morgan fingerprint density at radius 2 is 2.05 bits per heavy atom. The highest BCUT2D eigenvalue weighted by atomic mass is 35.5. The normalized spacial score (nSPS) is 14.2. The number of aromatic nitrogens is 2. The summed E-state index contributed by atoms with van der Waals surface area (Å²) >= 11 is 6.22. The van der Waals surface area contributed by atoms with Gasteiger partial charge in [0.25, 0.3) is 0 Å². The minimum absolute atomic E-state index is 0.514. The predicted molar refractivity (Wildman–Crippen MR) is 87.1 cm³/mol. The number of benzene rings is 1. The van der Waals surface area contributed by atoms with Gasteiger partial charge in [0.2, 0.25) is 0 Å². The van der Waals surface area contributed by atoms with E-state index in [1.165, 1.54) is 24.0 Å². The summed E-state index contributed by atoms with van der Waals surface area (Å²) in [4.78, 5) is 9.02. The molecule has 1 aliphatic rings. The summed E-state index contributed by atoms with van der Waals surface area (Å²) in [5.74, 6) is 2.29. The highest BCUT2D eigenvalue weighted by Crippen LogP contribution is 2.39. The van der Waals surface area contributed by atoms with Crippen LogP contribution in [-0.2, 0) is 6.42 Å². The Kier molecular flexibility index (Phi) is 4.11. The van der Waals surface area contributed by atoms with Crippen molar-refractivity contribution in [3.8, 4) is 0 Å². The summed E-state index contributed by atoms with van der Waals surface area (Å²) in [5.41, 5.74) is 3.57. The van der Waals surface area contributed by atoms with Gasteiger partial charge in [0.15, 0.2) is 0 Å². The number of anilines is 1. The zero-order valence-electron chi connectivity index (χ0n) is 12.5. The molecule has 110 valence electrons. The summed E-state index contributed by atoms with van der Waals surface area (Å²) in [7, 11) is 0. The third-order valence-corrected chi connectivity index (χ3v) is 4.20. The Balaban J connectivity index is 1.67. The number of rotatable bonds is 5. The zero-order valence-corrected chi connectivity index (χ0v) is 13.2. The van der Waals surface area contributed by atoms with Gasteiger partial charge >= 0.3 is 0 Å². The van der Waals surface area contributed by atoms with Crippen LogP contribution in [0.2, 0.25) is 5.15 Å². The maximum atomic E-state index is 6.22. The van der Waals surface area contributed by atoms with Crippen LogP contribution in [0.1, 0.15) is 41.3 Å². The lowest BCUT2D eigenvalue weighted by Gasteiger charge is -2.11. The average molecular weight is 302 g/mol. The largest absolute Gasteiger partial charge is 0.369 e. The van der Waals surface area contributed by atoms with Crippen molar-refractivity contribution in [3.05, 3.63) is 51.9 Å². The highest BCUT2D eigenvalue weighted by molar-refractivity contribution is 6.30. The van der Waals surface area contributed by atoms with Crippen LogP contribution in [0.15, 0.2) is 24.3 Å². The van der Waals surface area contributed by atoms with Crippen LogP contribution >= 0.6 is 11.6 Å². The molecule has 4 heteroatoms. The first kappa shape index (κ1) is 14.3. The molecule has 0 radical (unpaired) electrons. The van der Waals surface area contributed by atoms with Crippen LogP contribution in [0.5, 0.6) is 0 Å². The summed E-state index contributed by atoms with van der Waals surface area (Å²) in [6.07, 6.45) is 3.34. The average Bonchev–Trinajstić information content (AvgIpc) is 3.28. The zero-order chi connectivity index (χ0) is 14.8. The molecule has 0 amide bonds. The van der Waals surface area contributed by atoms with E-state index >= 15 is 0 Å². The SMILES string of the molecule is Cc1cccc(CCNc2nc(C3CC3)nc(Cl)c2C)c1. The van der Waals surface area contributed by atoms with Crippen LogP contribution in [0, 0.1) is 13.8 Å². The first-order chi connectivity index (χ1) is 10.1. The van der Waals surface area contributed by atoms with E-state index < -0.39 is 0 Å². The summed E-state index contributed by atoms with van der Waals surface area (Å²) in [6.45, 7) is 4.93. The molecule has 0 unspecified atom stereocenters. The van der Waals surface area contributed by atoms with E-state index in [-0.39, 0.29) is 0 Å². The fraction of sp³-hybridized carbons (Fsp3) is 0.412. The molecule has 0 atom stereocenters. The van der Waals surface area contributed by atoms with Gasteiger partial charge in [-0.25, -0.2) is 9.97 Å². The Morgan fingerprint density at radius 3 is 2.76 bits per heavy atom. The van der Waals surface area contributed by atoms with Crippen LogP contribution in [0.3, 0.4) is 0 Å². The number of nitrogens with one attached hydrogen (secondary N) is 1. The van der Waals surface area contributed by atoms with Gasteiger partial charge in [0.1, 0.15) is 16.8 Å². The van der Waals surface area contributed by atoms with E-state index in [1.54, 1.807) is 0 Å². The Morgan fingerprint density at radius 1 is 1.24 bits per heavy atom. The standard InChI is InChI=1S/C17H20ClN3/c1-11-4-3-5-13(10-11)8-9-19-16-12(2)15(18)20-17(21-16)14-6-7-14/h3-5,10,14H,6-9H2,1-2H3,(H,19,20,21). The van der Waals surface area contributed by atoms with Gasteiger partial charge in [-0.15, -0.1) is 0 Å². The number of nitrogens with zero attached hydrogens (tertiary/aromatic N) is 2. The van der Waals surface area contributed by atoms with Gasteiger partial charge in [0.05, 0.1) is 0 Å². The number of hydrogen-bond donors (Lipinski definition) is 1. The van der Waals surface area contributed by atoms with E-state index in [9.17, 15) is 0 Å². The maximum absolute atomic E-state index is 6.22. The van der Waals surface area contributed by atoms with Crippen molar-refractivity contribution >= 4 is 17.4 Å². The van der Waals surface area contributed by atoms with E-state index in [0.29, 0.717) is 11.1 Å². The molecular weight excluding hydrogens is 282 g/mol. The maximum Gasteiger partial charge on any atom is 0.137 e. The highest BCUT2D eigenvalue weighted by Gasteiger charge is 2.27. The van der Waals surface area contributed by atoms with Crippen LogP contribution < -0.4 is 5.32 Å². The molecule has 21 heavy (non-hydrogen) atoms.